The van der Waals surface area contributed by atoms with E-state index >= 15 is 0 Å². The summed E-state index contributed by atoms with van der Waals surface area (Å²) in [4.78, 5) is 0. The number of nitriles is 1. The van der Waals surface area contributed by atoms with Crippen molar-refractivity contribution >= 4 is 0 Å². The van der Waals surface area contributed by atoms with Crippen molar-refractivity contribution < 1.29 is 10.2 Å². The Kier molecular flexibility index (Phi) is 3.74. The molecule has 0 fully saturated rings. The summed E-state index contributed by atoms with van der Waals surface area (Å²) in [5, 5.41) is 33.6. The Morgan fingerprint density at radius 1 is 1.53 bits per heavy atom. The number of nitrogens with zero attached hydrogens (tertiary/aromatic N) is 4. The van der Waals surface area contributed by atoms with E-state index in [0.29, 0.717) is 18.5 Å². The van der Waals surface area contributed by atoms with Crippen molar-refractivity contribution in [3.63, 3.8) is 0 Å². The Bertz CT molecular complexity index is 352. The summed E-state index contributed by atoms with van der Waals surface area (Å²) in [6.07, 6.45) is 4.10. The summed E-state index contributed by atoms with van der Waals surface area (Å²) in [5.41, 5.74) is 5.27. The zero-order valence-electron chi connectivity index (χ0n) is 8.17. The molecule has 1 rings (SSSR count). The quantitative estimate of drug-likeness (QED) is 0.529. The minimum absolute atomic E-state index is 0.296. The van der Waals surface area contributed by atoms with E-state index in [4.69, 9.17) is 21.2 Å². The number of nitrogens with two attached hydrogens (primary N) is 1. The van der Waals surface area contributed by atoms with E-state index in [1.54, 1.807) is 6.19 Å². The Labute approximate surface area is 86.7 Å². The Morgan fingerprint density at radius 2 is 2.20 bits per heavy atom. The lowest BCUT2D eigenvalue weighted by Gasteiger charge is -2.23. The molecule has 1 aromatic heterocycles. The number of aliphatic hydroxyl groups is 2. The monoisotopic (exact) mass is 211 g/mol. The topological polar surface area (TPSA) is 121 Å². The van der Waals surface area contributed by atoms with Crippen LogP contribution in [0.1, 0.15) is 12.1 Å². The number of aryl methyl sites for hydroxylation is 1. The molecule has 0 atom stereocenters. The molecule has 0 bridgehead atoms. The van der Waals surface area contributed by atoms with E-state index in [0.717, 1.165) is 4.68 Å². The highest BCUT2D eigenvalue weighted by Gasteiger charge is 2.23. The molecule has 0 aliphatic heterocycles. The van der Waals surface area contributed by atoms with Crippen molar-refractivity contribution in [3.05, 3.63) is 11.9 Å². The number of aromatic nitrogens is 3. The van der Waals surface area contributed by atoms with Crippen LogP contribution < -0.4 is 5.73 Å². The molecule has 1 aromatic rings. The molecule has 0 aliphatic carbocycles. The highest BCUT2D eigenvalue weighted by molar-refractivity contribution is 4.98. The molecule has 4 N–H and O–H groups in total. The first-order chi connectivity index (χ1) is 7.13. The van der Waals surface area contributed by atoms with Gasteiger partial charge in [-0.15, -0.1) is 5.10 Å². The number of hydrogen-bond acceptors (Lipinski definition) is 6. The highest BCUT2D eigenvalue weighted by atomic mass is 16.3. The SMILES string of the molecule is N#Cn1cc(CCC(N)(CO)CO)nn1. The van der Waals surface area contributed by atoms with E-state index in [1.165, 1.54) is 6.20 Å². The van der Waals surface area contributed by atoms with Gasteiger partial charge >= 0.3 is 0 Å². The zero-order chi connectivity index (χ0) is 11.3. The smallest absolute Gasteiger partial charge is 0.207 e. The summed E-state index contributed by atoms with van der Waals surface area (Å²) in [7, 11) is 0. The van der Waals surface area contributed by atoms with Crippen LogP contribution in [0, 0.1) is 11.5 Å². The molecule has 0 saturated heterocycles. The largest absolute Gasteiger partial charge is 0.394 e. The standard InChI is InChI=1S/C8H13N5O2/c9-6-13-3-7(11-12-13)1-2-8(10,4-14)5-15/h3,14-15H,1-2,4-5,10H2. The molecule has 7 heteroatoms. The van der Waals surface area contributed by atoms with Gasteiger partial charge in [0.1, 0.15) is 0 Å². The molecule has 0 spiro atoms. The van der Waals surface area contributed by atoms with Crippen LogP contribution in [0.5, 0.6) is 0 Å². The van der Waals surface area contributed by atoms with E-state index < -0.39 is 5.54 Å². The maximum absolute atomic E-state index is 8.94. The first-order valence-electron chi connectivity index (χ1n) is 4.45. The lowest BCUT2D eigenvalue weighted by atomic mass is 9.96. The van der Waals surface area contributed by atoms with Crippen LogP contribution in [0.4, 0.5) is 0 Å². The minimum Gasteiger partial charge on any atom is -0.394 e. The Morgan fingerprint density at radius 3 is 2.67 bits per heavy atom. The maximum Gasteiger partial charge on any atom is 0.207 e. The molecule has 82 valence electrons. The van der Waals surface area contributed by atoms with Crippen molar-refractivity contribution in [1.29, 1.82) is 5.26 Å². The highest BCUT2D eigenvalue weighted by Crippen LogP contribution is 2.09. The molecule has 0 aromatic carbocycles. The molecule has 15 heavy (non-hydrogen) atoms. The lowest BCUT2D eigenvalue weighted by Crippen LogP contribution is -2.47. The van der Waals surface area contributed by atoms with E-state index in [1.807, 2.05) is 0 Å². The third kappa shape index (κ3) is 2.99. The van der Waals surface area contributed by atoms with Gasteiger partial charge in [-0.25, -0.2) is 0 Å². The second-order valence-corrected chi connectivity index (χ2v) is 3.43. The lowest BCUT2D eigenvalue weighted by molar-refractivity contribution is 0.114. The molecule has 0 saturated carbocycles. The summed E-state index contributed by atoms with van der Waals surface area (Å²) < 4.78 is 1.03. The van der Waals surface area contributed by atoms with Crippen LogP contribution in [-0.4, -0.2) is 44.0 Å². The van der Waals surface area contributed by atoms with Gasteiger partial charge in [-0.2, -0.15) is 9.94 Å². The average Bonchev–Trinajstić information content (AvgIpc) is 2.74. The Hall–Kier alpha value is -1.49. The first kappa shape index (κ1) is 11.6. The van der Waals surface area contributed by atoms with E-state index in [-0.39, 0.29) is 13.2 Å². The van der Waals surface area contributed by atoms with Gasteiger partial charge in [0, 0.05) is 0 Å². The van der Waals surface area contributed by atoms with Gasteiger partial charge in [-0.05, 0) is 12.8 Å². The fraction of sp³-hybridized carbons (Fsp3) is 0.625. The van der Waals surface area contributed by atoms with Crippen LogP contribution in [0.3, 0.4) is 0 Å². The van der Waals surface area contributed by atoms with Crippen LogP contribution in [0.25, 0.3) is 0 Å². The van der Waals surface area contributed by atoms with Gasteiger partial charge in [0.05, 0.1) is 30.6 Å². The molecular weight excluding hydrogens is 198 g/mol. The second-order valence-electron chi connectivity index (χ2n) is 3.43. The first-order valence-corrected chi connectivity index (χ1v) is 4.45. The average molecular weight is 211 g/mol. The van der Waals surface area contributed by atoms with Crippen LogP contribution >= 0.6 is 0 Å². The van der Waals surface area contributed by atoms with Gasteiger partial charge in [-0.1, -0.05) is 5.21 Å². The van der Waals surface area contributed by atoms with Crippen molar-refractivity contribution in [2.24, 2.45) is 5.73 Å². The van der Waals surface area contributed by atoms with E-state index in [2.05, 4.69) is 10.3 Å². The van der Waals surface area contributed by atoms with Crippen molar-refractivity contribution in [1.82, 2.24) is 15.0 Å². The molecule has 0 radical (unpaired) electrons. The van der Waals surface area contributed by atoms with Gasteiger partial charge in [0.25, 0.3) is 0 Å². The number of aliphatic hydroxyl groups excluding tert-OH is 2. The number of hydrogen-bond donors (Lipinski definition) is 3. The van der Waals surface area contributed by atoms with Crippen LogP contribution in [0.2, 0.25) is 0 Å². The van der Waals surface area contributed by atoms with Gasteiger partial charge in [0.15, 0.2) is 0 Å². The van der Waals surface area contributed by atoms with Crippen molar-refractivity contribution in [2.75, 3.05) is 13.2 Å². The number of rotatable bonds is 5. The molecule has 1 heterocycles. The van der Waals surface area contributed by atoms with Gasteiger partial charge < -0.3 is 15.9 Å². The van der Waals surface area contributed by atoms with Gasteiger partial charge in [0.2, 0.25) is 6.19 Å². The predicted octanol–water partition coefficient (Wildman–Crippen LogP) is -1.78. The van der Waals surface area contributed by atoms with Crippen molar-refractivity contribution in [3.8, 4) is 6.19 Å². The molecule has 0 amide bonds. The zero-order valence-corrected chi connectivity index (χ0v) is 8.17. The fourth-order valence-corrected chi connectivity index (χ4v) is 1.05. The van der Waals surface area contributed by atoms with Crippen LogP contribution in [-0.2, 0) is 6.42 Å². The van der Waals surface area contributed by atoms with Gasteiger partial charge in [-0.3, -0.25) is 0 Å². The molecular formula is C8H13N5O2. The normalized spacial score (nSPS) is 11.3. The Balaban J connectivity index is 2.53. The minimum atomic E-state index is -1.00. The third-order valence-electron chi connectivity index (χ3n) is 2.15. The van der Waals surface area contributed by atoms with Crippen molar-refractivity contribution in [2.45, 2.75) is 18.4 Å². The molecule has 0 unspecified atom stereocenters. The predicted molar refractivity (Wildman–Crippen MR) is 50.4 cm³/mol. The summed E-state index contributed by atoms with van der Waals surface area (Å²) in [6, 6.07) is 0. The third-order valence-corrected chi connectivity index (χ3v) is 2.15. The summed E-state index contributed by atoms with van der Waals surface area (Å²) in [6.45, 7) is -0.591. The van der Waals surface area contributed by atoms with Crippen LogP contribution in [0.15, 0.2) is 6.20 Å². The summed E-state index contributed by atoms with van der Waals surface area (Å²) in [5.74, 6) is 0. The molecule has 0 aliphatic rings. The summed E-state index contributed by atoms with van der Waals surface area (Å²) >= 11 is 0. The fourth-order valence-electron chi connectivity index (χ4n) is 1.05. The van der Waals surface area contributed by atoms with E-state index in [9.17, 15) is 0 Å². The maximum atomic E-state index is 8.94. The molecule has 7 nitrogen and oxygen atoms in total. The second kappa shape index (κ2) is 4.84.